The lowest BCUT2D eigenvalue weighted by atomic mass is 9.95. The Morgan fingerprint density at radius 1 is 1.25 bits per heavy atom. The van der Waals surface area contributed by atoms with Gasteiger partial charge in [-0.2, -0.15) is 0 Å². The van der Waals surface area contributed by atoms with Crippen LogP contribution >= 0.6 is 11.8 Å². The van der Waals surface area contributed by atoms with Gasteiger partial charge in [0.1, 0.15) is 23.5 Å². The predicted molar refractivity (Wildman–Crippen MR) is 122 cm³/mol. The Morgan fingerprint density at radius 3 is 2.72 bits per heavy atom. The summed E-state index contributed by atoms with van der Waals surface area (Å²) in [5, 5.41) is 20.4. The fraction of sp³-hybridized carbons (Fsp3) is 0.591. The highest BCUT2D eigenvalue weighted by Gasteiger charge is 2.63. The van der Waals surface area contributed by atoms with E-state index in [-0.39, 0.29) is 28.0 Å². The number of amides is 2. The number of hydrogen-bond donors (Lipinski definition) is 3. The molecule has 3 unspecified atom stereocenters. The molecule has 0 radical (unpaired) electrons. The van der Waals surface area contributed by atoms with Gasteiger partial charge >= 0.3 is 0 Å². The van der Waals surface area contributed by atoms with E-state index >= 15 is 0 Å². The minimum atomic E-state index is -0.555. The van der Waals surface area contributed by atoms with Gasteiger partial charge in [-0.1, -0.05) is 56.5 Å². The first-order chi connectivity index (χ1) is 15.4. The minimum absolute atomic E-state index is 0.0995. The van der Waals surface area contributed by atoms with Crippen molar-refractivity contribution in [1.82, 2.24) is 36.2 Å². The largest absolute Gasteiger partial charge is 0.340 e. The molecule has 4 atom stereocenters. The van der Waals surface area contributed by atoms with Crippen molar-refractivity contribution in [2.75, 3.05) is 6.54 Å². The van der Waals surface area contributed by atoms with Gasteiger partial charge in [0.05, 0.1) is 0 Å². The van der Waals surface area contributed by atoms with E-state index in [9.17, 15) is 9.59 Å². The molecule has 2 fully saturated rings. The van der Waals surface area contributed by atoms with Crippen LogP contribution in [0.4, 0.5) is 0 Å². The lowest BCUT2D eigenvalue weighted by molar-refractivity contribution is -0.152. The maximum Gasteiger partial charge on any atom is 0.249 e. The summed E-state index contributed by atoms with van der Waals surface area (Å²) < 4.78 is -0.280. The third kappa shape index (κ3) is 4.38. The SMILES string of the molecule is CCCCCCNC(C(=O)NC1C(=O)N2C(c3nnn[nH]3)C(C)(C)S[C@H]12)c1ccccc1. The molecule has 3 heterocycles. The number of carbonyl (C=O) groups is 2. The molecule has 1 aromatic heterocycles. The van der Waals surface area contributed by atoms with Crippen LogP contribution in [-0.2, 0) is 9.59 Å². The van der Waals surface area contributed by atoms with Crippen molar-refractivity contribution in [3.8, 4) is 0 Å². The molecule has 32 heavy (non-hydrogen) atoms. The highest BCUT2D eigenvalue weighted by atomic mass is 32.2. The molecular formula is C22H31N7O2S. The van der Waals surface area contributed by atoms with Gasteiger partial charge in [0.15, 0.2) is 5.82 Å². The van der Waals surface area contributed by atoms with Crippen molar-refractivity contribution in [2.24, 2.45) is 0 Å². The van der Waals surface area contributed by atoms with Gasteiger partial charge in [0.2, 0.25) is 11.8 Å². The Balaban J connectivity index is 1.44. The van der Waals surface area contributed by atoms with Crippen molar-refractivity contribution < 1.29 is 9.59 Å². The van der Waals surface area contributed by atoms with E-state index in [0.29, 0.717) is 5.82 Å². The predicted octanol–water partition coefficient (Wildman–Crippen LogP) is 2.33. The summed E-state index contributed by atoms with van der Waals surface area (Å²) in [6.07, 6.45) is 4.50. The van der Waals surface area contributed by atoms with Crippen LogP contribution in [0, 0.1) is 0 Å². The number of carbonyl (C=O) groups excluding carboxylic acids is 2. The number of aromatic amines is 1. The monoisotopic (exact) mass is 457 g/mol. The Hall–Kier alpha value is -2.46. The number of fused-ring (bicyclic) bond motifs is 1. The summed E-state index contributed by atoms with van der Waals surface area (Å²) in [7, 11) is 0. The van der Waals surface area contributed by atoms with E-state index < -0.39 is 12.1 Å². The molecule has 10 heteroatoms. The van der Waals surface area contributed by atoms with Crippen molar-refractivity contribution in [2.45, 2.75) is 74.7 Å². The molecule has 1 aromatic carbocycles. The van der Waals surface area contributed by atoms with Crippen LogP contribution in [0.2, 0.25) is 0 Å². The molecule has 2 aromatic rings. The number of β-lactam (4-membered cyclic amide) rings is 1. The van der Waals surface area contributed by atoms with Gasteiger partial charge in [-0.25, -0.2) is 5.10 Å². The summed E-state index contributed by atoms with van der Waals surface area (Å²) in [4.78, 5) is 28.1. The van der Waals surface area contributed by atoms with Crippen LogP contribution in [0.25, 0.3) is 0 Å². The number of unbranched alkanes of at least 4 members (excludes halogenated alkanes) is 3. The fourth-order valence-corrected chi connectivity index (χ4v) is 6.15. The number of rotatable bonds is 10. The molecule has 0 aliphatic carbocycles. The van der Waals surface area contributed by atoms with E-state index in [2.05, 4.69) is 52.0 Å². The molecule has 172 valence electrons. The third-order valence-electron chi connectivity index (χ3n) is 6.13. The van der Waals surface area contributed by atoms with Crippen LogP contribution in [-0.4, -0.2) is 60.0 Å². The molecule has 2 aliphatic rings. The van der Waals surface area contributed by atoms with Crippen molar-refractivity contribution in [3.05, 3.63) is 41.7 Å². The molecule has 4 rings (SSSR count). The van der Waals surface area contributed by atoms with Crippen LogP contribution in [0.5, 0.6) is 0 Å². The lowest BCUT2D eigenvalue weighted by Crippen LogP contribution is -2.68. The molecule has 2 saturated heterocycles. The zero-order chi connectivity index (χ0) is 22.7. The second kappa shape index (κ2) is 9.58. The van der Waals surface area contributed by atoms with E-state index in [1.165, 1.54) is 12.8 Å². The lowest BCUT2D eigenvalue weighted by Gasteiger charge is -2.44. The summed E-state index contributed by atoms with van der Waals surface area (Å²) in [5.74, 6) is 0.296. The van der Waals surface area contributed by atoms with Crippen LogP contribution in [0.3, 0.4) is 0 Å². The number of benzene rings is 1. The van der Waals surface area contributed by atoms with Gasteiger partial charge < -0.3 is 15.5 Å². The molecule has 0 spiro atoms. The first-order valence-corrected chi connectivity index (χ1v) is 12.1. The fourth-order valence-electron chi connectivity index (χ4n) is 4.51. The van der Waals surface area contributed by atoms with E-state index in [1.54, 1.807) is 16.7 Å². The molecule has 0 saturated carbocycles. The molecule has 3 N–H and O–H groups in total. The number of nitrogens with zero attached hydrogens (tertiary/aromatic N) is 4. The minimum Gasteiger partial charge on any atom is -0.340 e. The smallest absolute Gasteiger partial charge is 0.249 e. The second-order valence-corrected chi connectivity index (χ2v) is 10.7. The first kappa shape index (κ1) is 22.7. The van der Waals surface area contributed by atoms with E-state index in [1.807, 2.05) is 30.3 Å². The number of tetrazole rings is 1. The summed E-state index contributed by atoms with van der Waals surface area (Å²) >= 11 is 1.67. The Labute approximate surface area is 192 Å². The molecule has 2 aliphatic heterocycles. The van der Waals surface area contributed by atoms with Gasteiger partial charge in [-0.3, -0.25) is 9.59 Å². The second-order valence-electron chi connectivity index (χ2n) is 8.89. The Morgan fingerprint density at radius 2 is 2.03 bits per heavy atom. The van der Waals surface area contributed by atoms with Crippen molar-refractivity contribution >= 4 is 23.6 Å². The Kier molecular flexibility index (Phi) is 6.80. The normalized spacial score (nSPS) is 24.7. The van der Waals surface area contributed by atoms with Crippen molar-refractivity contribution in [3.63, 3.8) is 0 Å². The Bertz CT molecular complexity index is 922. The van der Waals surface area contributed by atoms with Gasteiger partial charge in [-0.05, 0) is 42.8 Å². The van der Waals surface area contributed by atoms with Gasteiger partial charge in [0, 0.05) is 4.75 Å². The van der Waals surface area contributed by atoms with Crippen molar-refractivity contribution in [1.29, 1.82) is 0 Å². The standard InChI is InChI=1S/C22H31N7O2S/c1-4-5-6-10-13-23-15(14-11-8-7-9-12-14)19(30)24-16-20(31)29-17(18-25-27-28-26-18)22(2,3)32-21(16)29/h7-9,11-12,15-17,21,23H,4-6,10,13H2,1-3H3,(H,24,30)(H,25,26,27,28)/t15?,16?,17?,21-/m1/s1. The molecule has 9 nitrogen and oxygen atoms in total. The summed E-state index contributed by atoms with van der Waals surface area (Å²) in [5.41, 5.74) is 0.897. The number of hydrogen-bond acceptors (Lipinski definition) is 7. The van der Waals surface area contributed by atoms with Crippen LogP contribution in [0.1, 0.15) is 69.9 Å². The van der Waals surface area contributed by atoms with E-state index in [0.717, 1.165) is 24.9 Å². The average molecular weight is 458 g/mol. The number of nitrogens with one attached hydrogen (secondary N) is 3. The quantitative estimate of drug-likeness (QED) is 0.370. The van der Waals surface area contributed by atoms with Crippen LogP contribution < -0.4 is 10.6 Å². The summed E-state index contributed by atoms with van der Waals surface area (Å²) in [6.45, 7) is 7.07. The topological polar surface area (TPSA) is 116 Å². The maximum atomic E-state index is 13.3. The highest BCUT2D eigenvalue weighted by molar-refractivity contribution is 8.01. The van der Waals surface area contributed by atoms with Crippen LogP contribution in [0.15, 0.2) is 30.3 Å². The molecular weight excluding hydrogens is 426 g/mol. The summed E-state index contributed by atoms with van der Waals surface area (Å²) in [6, 6.07) is 8.37. The van der Waals surface area contributed by atoms with Gasteiger partial charge in [0.25, 0.3) is 0 Å². The number of aromatic nitrogens is 4. The number of H-pyrrole nitrogens is 1. The molecule has 2 amide bonds. The zero-order valence-corrected chi connectivity index (χ0v) is 19.6. The maximum absolute atomic E-state index is 13.3. The van der Waals surface area contributed by atoms with E-state index in [4.69, 9.17) is 0 Å². The third-order valence-corrected chi connectivity index (χ3v) is 7.70. The van der Waals surface area contributed by atoms with Gasteiger partial charge in [-0.15, -0.1) is 16.9 Å². The molecule has 0 bridgehead atoms. The average Bonchev–Trinajstić information content (AvgIpc) is 3.39. The highest BCUT2D eigenvalue weighted by Crippen LogP contribution is 2.56. The zero-order valence-electron chi connectivity index (χ0n) is 18.7. The first-order valence-electron chi connectivity index (χ1n) is 11.3. The number of thioether (sulfide) groups is 1.